The summed E-state index contributed by atoms with van der Waals surface area (Å²) in [5, 5.41) is 16.2. The lowest BCUT2D eigenvalue weighted by Crippen LogP contribution is -2.10. The second-order valence-corrected chi connectivity index (χ2v) is 5.07. The first-order valence-corrected chi connectivity index (χ1v) is 7.60. The van der Waals surface area contributed by atoms with Gasteiger partial charge in [-0.05, 0) is 31.2 Å². The molecule has 2 aromatic rings. The number of para-hydroxylation sites is 1. The molecule has 0 aliphatic carbocycles. The molecule has 0 aliphatic rings. The molecule has 24 heavy (non-hydrogen) atoms. The van der Waals surface area contributed by atoms with Gasteiger partial charge in [0.15, 0.2) is 0 Å². The lowest BCUT2D eigenvalue weighted by molar-refractivity contribution is 0.309. The zero-order chi connectivity index (χ0) is 17.4. The summed E-state index contributed by atoms with van der Waals surface area (Å²) in [5.74, 6) is 1.76. The highest BCUT2D eigenvalue weighted by Crippen LogP contribution is 2.22. The summed E-state index contributed by atoms with van der Waals surface area (Å²) in [7, 11) is 1.57. The van der Waals surface area contributed by atoms with Gasteiger partial charge in [-0.25, -0.2) is 4.98 Å². The van der Waals surface area contributed by atoms with Gasteiger partial charge in [0.1, 0.15) is 11.6 Å². The molecule has 6 heteroatoms. The van der Waals surface area contributed by atoms with Crippen molar-refractivity contribution in [3.05, 3.63) is 60.5 Å². The van der Waals surface area contributed by atoms with E-state index in [2.05, 4.69) is 27.2 Å². The number of aliphatic hydroxyl groups is 1. The topological polar surface area (TPSA) is 79.3 Å². The predicted molar refractivity (Wildman–Crippen MR) is 97.8 cm³/mol. The summed E-state index contributed by atoms with van der Waals surface area (Å²) in [6.45, 7) is 6.10. The highest BCUT2D eigenvalue weighted by atomic mass is 16.5. The summed E-state index contributed by atoms with van der Waals surface area (Å²) < 4.78 is 4.97. The molecule has 0 saturated carbocycles. The second kappa shape index (κ2) is 8.69. The number of ether oxygens (including phenoxy) is 1. The van der Waals surface area contributed by atoms with Crippen molar-refractivity contribution in [3.8, 4) is 0 Å². The Morgan fingerprint density at radius 2 is 2.12 bits per heavy atom. The minimum Gasteiger partial charge on any atom is -0.497 e. The monoisotopic (exact) mass is 326 g/mol. The normalized spacial score (nSPS) is 11.7. The van der Waals surface area contributed by atoms with Gasteiger partial charge in [-0.15, -0.1) is 0 Å². The van der Waals surface area contributed by atoms with Gasteiger partial charge in [-0.1, -0.05) is 24.8 Å². The number of nitrogens with zero attached hydrogens (tertiary/aromatic N) is 2. The first-order chi connectivity index (χ1) is 11.6. The number of benzene rings is 1. The highest BCUT2D eigenvalue weighted by molar-refractivity contribution is 5.90. The lowest BCUT2D eigenvalue weighted by atomic mass is 10.2. The lowest BCUT2D eigenvalue weighted by Gasteiger charge is -2.11. The summed E-state index contributed by atoms with van der Waals surface area (Å²) in [6.07, 6.45) is 5.48. The number of hydrogen-bond donors (Lipinski definition) is 3. The van der Waals surface area contributed by atoms with Crippen molar-refractivity contribution < 1.29 is 9.84 Å². The number of rotatable bonds is 8. The van der Waals surface area contributed by atoms with Crippen LogP contribution in [0.15, 0.2) is 60.5 Å². The molecule has 3 N–H and O–H groups in total. The van der Waals surface area contributed by atoms with E-state index in [4.69, 9.17) is 9.84 Å². The first kappa shape index (κ1) is 17.5. The molecule has 0 atom stereocenters. The minimum absolute atomic E-state index is 0.0359. The van der Waals surface area contributed by atoms with Gasteiger partial charge in [-0.2, -0.15) is 4.98 Å². The van der Waals surface area contributed by atoms with Crippen molar-refractivity contribution in [2.75, 3.05) is 30.9 Å². The third kappa shape index (κ3) is 4.82. The smallest absolute Gasteiger partial charge is 0.229 e. The summed E-state index contributed by atoms with van der Waals surface area (Å²) >= 11 is 0. The Morgan fingerprint density at radius 3 is 2.88 bits per heavy atom. The van der Waals surface area contributed by atoms with Crippen molar-refractivity contribution >= 4 is 22.7 Å². The maximum atomic E-state index is 9.02. The molecule has 0 unspecified atom stereocenters. The van der Waals surface area contributed by atoms with E-state index in [0.717, 1.165) is 16.6 Å². The fraction of sp³-hybridized carbons (Fsp3) is 0.222. The standard InChI is InChI=1S/C18H22N4O2/c1-13(7-6-8-14(2)24-3)20-18-21-16-10-5-4-9-15(16)17(22-18)19-11-12-23/h4-10,23H,2,11-12H2,1,3H3,(H2,19,20,21,22)/b8-6-,13-7+. The van der Waals surface area contributed by atoms with Crippen molar-refractivity contribution in [2.45, 2.75) is 6.92 Å². The molecule has 0 radical (unpaired) electrons. The van der Waals surface area contributed by atoms with E-state index >= 15 is 0 Å². The highest BCUT2D eigenvalue weighted by Gasteiger charge is 2.07. The van der Waals surface area contributed by atoms with Gasteiger partial charge < -0.3 is 20.5 Å². The molecule has 1 heterocycles. The SMILES string of the molecule is C=C(/C=C\C=C(/C)Nc1nc(NCCO)c2ccccc2n1)OC. The minimum atomic E-state index is 0.0359. The zero-order valence-electron chi connectivity index (χ0n) is 13.9. The number of fused-ring (bicyclic) bond motifs is 1. The number of aromatic nitrogens is 2. The van der Waals surface area contributed by atoms with Crippen molar-refractivity contribution in [1.29, 1.82) is 0 Å². The number of anilines is 2. The number of allylic oxidation sites excluding steroid dienone is 4. The van der Waals surface area contributed by atoms with Gasteiger partial charge in [-0.3, -0.25) is 0 Å². The number of hydrogen-bond acceptors (Lipinski definition) is 6. The van der Waals surface area contributed by atoms with Gasteiger partial charge in [0.25, 0.3) is 0 Å². The Bertz CT molecular complexity index is 769. The van der Waals surface area contributed by atoms with Gasteiger partial charge >= 0.3 is 0 Å². The Hall–Kier alpha value is -2.86. The van der Waals surface area contributed by atoms with Crippen molar-refractivity contribution in [3.63, 3.8) is 0 Å². The van der Waals surface area contributed by atoms with Crippen LogP contribution in [0.1, 0.15) is 6.92 Å². The maximum absolute atomic E-state index is 9.02. The molecule has 0 fully saturated rings. The van der Waals surface area contributed by atoms with Crippen molar-refractivity contribution in [2.24, 2.45) is 0 Å². The van der Waals surface area contributed by atoms with E-state index < -0.39 is 0 Å². The number of aliphatic hydroxyl groups excluding tert-OH is 1. The summed E-state index contributed by atoms with van der Waals surface area (Å²) in [4.78, 5) is 9.00. The van der Waals surface area contributed by atoms with Crippen LogP contribution in [0.5, 0.6) is 0 Å². The molecule has 1 aromatic heterocycles. The molecule has 6 nitrogen and oxygen atoms in total. The third-order valence-corrected chi connectivity index (χ3v) is 3.21. The largest absolute Gasteiger partial charge is 0.497 e. The van der Waals surface area contributed by atoms with Crippen LogP contribution < -0.4 is 10.6 Å². The number of methoxy groups -OCH3 is 1. The van der Waals surface area contributed by atoms with Gasteiger partial charge in [0.05, 0.1) is 19.2 Å². The van der Waals surface area contributed by atoms with Crippen LogP contribution in [0.2, 0.25) is 0 Å². The van der Waals surface area contributed by atoms with Crippen LogP contribution >= 0.6 is 0 Å². The first-order valence-electron chi connectivity index (χ1n) is 7.60. The Morgan fingerprint density at radius 1 is 1.33 bits per heavy atom. The summed E-state index contributed by atoms with van der Waals surface area (Å²) in [5.41, 5.74) is 1.70. The van der Waals surface area contributed by atoms with Crippen LogP contribution in [0.25, 0.3) is 10.9 Å². The predicted octanol–water partition coefficient (Wildman–Crippen LogP) is 3.07. The van der Waals surface area contributed by atoms with Crippen LogP contribution in [0, 0.1) is 0 Å². The van der Waals surface area contributed by atoms with E-state index in [9.17, 15) is 0 Å². The quantitative estimate of drug-likeness (QED) is 0.511. The number of nitrogens with one attached hydrogen (secondary N) is 2. The molecule has 0 spiro atoms. The molecule has 0 aliphatic heterocycles. The fourth-order valence-electron chi connectivity index (χ4n) is 2.03. The van der Waals surface area contributed by atoms with E-state index in [0.29, 0.717) is 24.1 Å². The van der Waals surface area contributed by atoms with E-state index in [1.165, 1.54) is 0 Å². The molecular weight excluding hydrogens is 304 g/mol. The van der Waals surface area contributed by atoms with E-state index in [1.807, 2.05) is 43.3 Å². The van der Waals surface area contributed by atoms with E-state index in [-0.39, 0.29) is 6.61 Å². The maximum Gasteiger partial charge on any atom is 0.229 e. The van der Waals surface area contributed by atoms with Gasteiger partial charge in [0, 0.05) is 17.6 Å². The van der Waals surface area contributed by atoms with Crippen molar-refractivity contribution in [1.82, 2.24) is 9.97 Å². The van der Waals surface area contributed by atoms with Gasteiger partial charge in [0.2, 0.25) is 5.95 Å². The van der Waals surface area contributed by atoms with Crippen LogP contribution in [0.4, 0.5) is 11.8 Å². The molecule has 1 aromatic carbocycles. The molecule has 0 saturated heterocycles. The Labute approximate surface area is 141 Å². The summed E-state index contributed by atoms with van der Waals surface area (Å²) in [6, 6.07) is 7.73. The molecule has 2 rings (SSSR count). The average molecular weight is 326 g/mol. The molecule has 126 valence electrons. The second-order valence-electron chi connectivity index (χ2n) is 5.07. The van der Waals surface area contributed by atoms with E-state index in [1.54, 1.807) is 13.2 Å². The Kier molecular flexibility index (Phi) is 6.33. The van der Waals surface area contributed by atoms with Crippen LogP contribution in [0.3, 0.4) is 0 Å². The third-order valence-electron chi connectivity index (χ3n) is 3.21. The average Bonchev–Trinajstić information content (AvgIpc) is 2.59. The Balaban J connectivity index is 2.23. The molecule has 0 bridgehead atoms. The molecule has 0 amide bonds. The van der Waals surface area contributed by atoms with Crippen LogP contribution in [-0.4, -0.2) is 35.3 Å². The van der Waals surface area contributed by atoms with Crippen LogP contribution in [-0.2, 0) is 4.74 Å². The molecular formula is C18H22N4O2. The zero-order valence-corrected chi connectivity index (χ0v) is 13.9. The fourth-order valence-corrected chi connectivity index (χ4v) is 2.03.